The molecule has 1 atom stereocenters. The van der Waals surface area contributed by atoms with Gasteiger partial charge in [0.25, 0.3) is 0 Å². The van der Waals surface area contributed by atoms with Gasteiger partial charge in [0.15, 0.2) is 5.54 Å². The first kappa shape index (κ1) is 11.7. The maximum atomic E-state index is 11.2. The first-order valence-electron chi connectivity index (χ1n) is 5.05. The molecule has 5 heteroatoms. The lowest BCUT2D eigenvalue weighted by atomic mass is 9.92. The molecular weight excluding hydrogens is 194 g/mol. The van der Waals surface area contributed by atoms with Crippen molar-refractivity contribution in [2.75, 3.05) is 0 Å². The third kappa shape index (κ3) is 2.55. The number of aliphatic carboxylic acids is 1. The quantitative estimate of drug-likeness (QED) is 0.801. The minimum atomic E-state index is -0.985. The van der Waals surface area contributed by atoms with E-state index in [9.17, 15) is 9.90 Å². The summed E-state index contributed by atoms with van der Waals surface area (Å²) in [5.41, 5.74) is -0.985. The molecule has 1 aromatic rings. The maximum Gasteiger partial charge on any atom is 0.331 e. The monoisotopic (exact) mass is 211 g/mol. The van der Waals surface area contributed by atoms with Gasteiger partial charge >= 0.3 is 5.97 Å². The fourth-order valence-corrected chi connectivity index (χ4v) is 1.35. The third-order valence-corrected chi connectivity index (χ3v) is 2.59. The van der Waals surface area contributed by atoms with Crippen molar-refractivity contribution in [3.63, 3.8) is 0 Å². The zero-order valence-electron chi connectivity index (χ0n) is 9.34. The molecule has 0 saturated carbocycles. The number of hydrogen-bond acceptors (Lipinski definition) is 3. The standard InChI is InChI=1S/C10H17N3O2/c1-8(2)4-5-10(3,9(14)15)13-7-11-6-12-13/h6-8H,4-5H2,1-3H3,(H,14,15). The minimum absolute atomic E-state index is 0.479. The van der Waals surface area contributed by atoms with Gasteiger partial charge in [-0.25, -0.2) is 14.5 Å². The minimum Gasteiger partial charge on any atom is -0.479 e. The number of hydrogen-bond donors (Lipinski definition) is 1. The molecule has 15 heavy (non-hydrogen) atoms. The molecule has 1 unspecified atom stereocenters. The summed E-state index contributed by atoms with van der Waals surface area (Å²) in [5, 5.41) is 13.1. The van der Waals surface area contributed by atoms with Crippen LogP contribution in [0.2, 0.25) is 0 Å². The molecule has 1 aromatic heterocycles. The zero-order chi connectivity index (χ0) is 11.5. The van der Waals surface area contributed by atoms with E-state index in [2.05, 4.69) is 23.9 Å². The van der Waals surface area contributed by atoms with Gasteiger partial charge in [-0.05, 0) is 25.7 Å². The van der Waals surface area contributed by atoms with E-state index in [4.69, 9.17) is 0 Å². The van der Waals surface area contributed by atoms with Gasteiger partial charge in [-0.15, -0.1) is 0 Å². The van der Waals surface area contributed by atoms with Crippen molar-refractivity contribution in [1.82, 2.24) is 14.8 Å². The largest absolute Gasteiger partial charge is 0.479 e. The van der Waals surface area contributed by atoms with Gasteiger partial charge in [-0.3, -0.25) is 0 Å². The second-order valence-electron chi connectivity index (χ2n) is 4.35. The number of carboxylic acids is 1. The topological polar surface area (TPSA) is 68.0 Å². The molecule has 0 radical (unpaired) electrons. The van der Waals surface area contributed by atoms with Crippen LogP contribution in [0, 0.1) is 5.92 Å². The van der Waals surface area contributed by atoms with E-state index in [1.54, 1.807) is 6.92 Å². The van der Waals surface area contributed by atoms with Gasteiger partial charge < -0.3 is 5.11 Å². The first-order valence-corrected chi connectivity index (χ1v) is 5.05. The van der Waals surface area contributed by atoms with Gasteiger partial charge in [0.1, 0.15) is 12.7 Å². The molecule has 5 nitrogen and oxygen atoms in total. The van der Waals surface area contributed by atoms with E-state index in [-0.39, 0.29) is 0 Å². The number of rotatable bonds is 5. The van der Waals surface area contributed by atoms with E-state index >= 15 is 0 Å². The Morgan fingerprint density at radius 1 is 1.60 bits per heavy atom. The van der Waals surface area contributed by atoms with Crippen LogP contribution in [0.3, 0.4) is 0 Å². The molecule has 0 bridgehead atoms. The number of carbonyl (C=O) groups is 1. The maximum absolute atomic E-state index is 11.2. The molecule has 0 aliphatic carbocycles. The van der Waals surface area contributed by atoms with Crippen LogP contribution in [-0.4, -0.2) is 25.8 Å². The van der Waals surface area contributed by atoms with E-state index < -0.39 is 11.5 Å². The molecule has 0 saturated heterocycles. The van der Waals surface area contributed by atoms with E-state index in [1.807, 2.05) is 0 Å². The average Bonchev–Trinajstić information content (AvgIpc) is 2.66. The second-order valence-corrected chi connectivity index (χ2v) is 4.35. The lowest BCUT2D eigenvalue weighted by Crippen LogP contribution is -2.39. The summed E-state index contributed by atoms with van der Waals surface area (Å²) >= 11 is 0. The number of aromatic nitrogens is 3. The van der Waals surface area contributed by atoms with Crippen LogP contribution in [0.5, 0.6) is 0 Å². The molecule has 0 spiro atoms. The van der Waals surface area contributed by atoms with Gasteiger partial charge in [-0.2, -0.15) is 5.10 Å². The Balaban J connectivity index is 2.85. The lowest BCUT2D eigenvalue weighted by molar-refractivity contribution is -0.147. The normalized spacial score (nSPS) is 15.2. The molecular formula is C10H17N3O2. The second kappa shape index (κ2) is 4.42. The van der Waals surface area contributed by atoms with Crippen LogP contribution in [0.1, 0.15) is 33.6 Å². The van der Waals surface area contributed by atoms with Crippen LogP contribution in [0.25, 0.3) is 0 Å². The summed E-state index contributed by atoms with van der Waals surface area (Å²) in [4.78, 5) is 15.0. The van der Waals surface area contributed by atoms with E-state index in [0.717, 1.165) is 6.42 Å². The fraction of sp³-hybridized carbons (Fsp3) is 0.700. The molecule has 1 heterocycles. The Morgan fingerprint density at radius 3 is 2.67 bits per heavy atom. The van der Waals surface area contributed by atoms with Crippen molar-refractivity contribution in [3.05, 3.63) is 12.7 Å². The third-order valence-electron chi connectivity index (χ3n) is 2.59. The summed E-state index contributed by atoms with van der Waals surface area (Å²) in [5.74, 6) is -0.388. The van der Waals surface area contributed by atoms with Crippen LogP contribution < -0.4 is 0 Å². The number of carboxylic acid groups (broad SMARTS) is 1. The van der Waals surface area contributed by atoms with Crippen LogP contribution in [-0.2, 0) is 10.3 Å². The van der Waals surface area contributed by atoms with E-state index in [0.29, 0.717) is 12.3 Å². The van der Waals surface area contributed by atoms with Crippen LogP contribution >= 0.6 is 0 Å². The van der Waals surface area contributed by atoms with Crippen molar-refractivity contribution >= 4 is 5.97 Å². The molecule has 0 fully saturated rings. The van der Waals surface area contributed by atoms with Crippen molar-refractivity contribution in [2.24, 2.45) is 5.92 Å². The van der Waals surface area contributed by atoms with Crippen molar-refractivity contribution in [1.29, 1.82) is 0 Å². The predicted octanol–water partition coefficient (Wildman–Crippen LogP) is 1.51. The Kier molecular flexibility index (Phi) is 3.44. The molecule has 0 aliphatic rings. The highest BCUT2D eigenvalue weighted by Gasteiger charge is 2.35. The Bertz CT molecular complexity index is 321. The predicted molar refractivity (Wildman–Crippen MR) is 55.4 cm³/mol. The smallest absolute Gasteiger partial charge is 0.331 e. The van der Waals surface area contributed by atoms with Gasteiger partial charge in [0.2, 0.25) is 0 Å². The van der Waals surface area contributed by atoms with Crippen LogP contribution in [0.15, 0.2) is 12.7 Å². The van der Waals surface area contributed by atoms with Crippen LogP contribution in [0.4, 0.5) is 0 Å². The summed E-state index contributed by atoms with van der Waals surface area (Å²) in [7, 11) is 0. The molecule has 0 aromatic carbocycles. The number of nitrogens with zero attached hydrogens (tertiary/aromatic N) is 3. The van der Waals surface area contributed by atoms with Crippen molar-refractivity contribution in [2.45, 2.75) is 39.2 Å². The highest BCUT2D eigenvalue weighted by Crippen LogP contribution is 2.23. The summed E-state index contributed by atoms with van der Waals surface area (Å²) in [6, 6.07) is 0. The molecule has 1 N–H and O–H groups in total. The Morgan fingerprint density at radius 2 is 2.27 bits per heavy atom. The van der Waals surface area contributed by atoms with E-state index in [1.165, 1.54) is 17.3 Å². The zero-order valence-corrected chi connectivity index (χ0v) is 9.34. The summed E-state index contributed by atoms with van der Waals surface area (Å²) < 4.78 is 1.41. The summed E-state index contributed by atoms with van der Waals surface area (Å²) in [6.07, 6.45) is 4.22. The Hall–Kier alpha value is -1.39. The van der Waals surface area contributed by atoms with Gasteiger partial charge in [0.05, 0.1) is 0 Å². The van der Waals surface area contributed by atoms with Gasteiger partial charge in [0, 0.05) is 0 Å². The summed E-state index contributed by atoms with van der Waals surface area (Å²) in [6.45, 7) is 5.82. The molecule has 0 aliphatic heterocycles. The lowest BCUT2D eigenvalue weighted by Gasteiger charge is -2.25. The molecule has 84 valence electrons. The highest BCUT2D eigenvalue weighted by molar-refractivity contribution is 5.75. The molecule has 0 amide bonds. The fourth-order valence-electron chi connectivity index (χ4n) is 1.35. The molecule has 1 rings (SSSR count). The van der Waals surface area contributed by atoms with Crippen molar-refractivity contribution < 1.29 is 9.90 Å². The van der Waals surface area contributed by atoms with Gasteiger partial charge in [-0.1, -0.05) is 13.8 Å². The first-order chi connectivity index (χ1) is 6.97. The van der Waals surface area contributed by atoms with Crippen molar-refractivity contribution in [3.8, 4) is 0 Å². The SMILES string of the molecule is CC(C)CCC(C)(C(=O)O)n1cncn1. The Labute approximate surface area is 89.1 Å². The highest BCUT2D eigenvalue weighted by atomic mass is 16.4. The average molecular weight is 211 g/mol.